The van der Waals surface area contributed by atoms with Crippen LogP contribution in [0.2, 0.25) is 0 Å². The molecule has 2 nitrogen and oxygen atoms in total. The fourth-order valence-corrected chi connectivity index (χ4v) is 4.11. The fourth-order valence-electron chi connectivity index (χ4n) is 3.14. The predicted molar refractivity (Wildman–Crippen MR) is 78.3 cm³/mol. The van der Waals surface area contributed by atoms with E-state index in [0.29, 0.717) is 18.1 Å². The van der Waals surface area contributed by atoms with E-state index in [0.717, 1.165) is 19.6 Å². The predicted octanol–water partition coefficient (Wildman–Crippen LogP) is 3.83. The largest absolute Gasteiger partial charge is 0.378 e. The van der Waals surface area contributed by atoms with E-state index < -0.39 is 0 Å². The van der Waals surface area contributed by atoms with Crippen molar-refractivity contribution in [3.63, 3.8) is 0 Å². The first-order chi connectivity index (χ1) is 8.67. The lowest BCUT2D eigenvalue weighted by molar-refractivity contribution is 0.0775. The summed E-state index contributed by atoms with van der Waals surface area (Å²) < 4.78 is 5.87. The molecular weight excluding hydrogens is 242 g/mol. The van der Waals surface area contributed by atoms with Crippen LogP contribution in [-0.4, -0.2) is 19.3 Å². The lowest BCUT2D eigenvalue weighted by atomic mass is 9.86. The molecule has 102 valence electrons. The summed E-state index contributed by atoms with van der Waals surface area (Å²) in [5.74, 6) is 0.627. The van der Waals surface area contributed by atoms with Gasteiger partial charge in [-0.05, 0) is 44.9 Å². The average molecular weight is 267 g/mol. The number of aryl methyl sites for hydroxylation is 2. The summed E-state index contributed by atoms with van der Waals surface area (Å²) in [5.41, 5.74) is 1.49. The van der Waals surface area contributed by atoms with Crippen LogP contribution in [0.25, 0.3) is 0 Å². The number of thiophene rings is 1. The van der Waals surface area contributed by atoms with Gasteiger partial charge in [-0.1, -0.05) is 13.8 Å². The van der Waals surface area contributed by atoms with Crippen LogP contribution in [0.3, 0.4) is 0 Å². The van der Waals surface area contributed by atoms with Gasteiger partial charge in [0, 0.05) is 28.3 Å². The topological polar surface area (TPSA) is 21.3 Å². The Labute approximate surface area is 115 Å². The first-order valence-corrected chi connectivity index (χ1v) is 7.90. The SMILES string of the molecule is CCNC(c1cc(C)sc1C)C1CCOC1CC. The molecule has 1 aromatic rings. The Morgan fingerprint density at radius 1 is 1.44 bits per heavy atom. The molecule has 0 aromatic carbocycles. The van der Waals surface area contributed by atoms with Gasteiger partial charge in [-0.3, -0.25) is 0 Å². The van der Waals surface area contributed by atoms with E-state index in [1.54, 1.807) is 0 Å². The Morgan fingerprint density at radius 3 is 2.78 bits per heavy atom. The molecule has 1 aliphatic rings. The van der Waals surface area contributed by atoms with E-state index >= 15 is 0 Å². The third-order valence-corrected chi connectivity index (χ3v) is 4.91. The second kappa shape index (κ2) is 6.18. The second-order valence-electron chi connectivity index (χ2n) is 5.17. The Balaban J connectivity index is 2.24. The maximum Gasteiger partial charge on any atom is 0.0619 e. The molecule has 2 heterocycles. The monoisotopic (exact) mass is 267 g/mol. The Kier molecular flexibility index (Phi) is 4.82. The third kappa shape index (κ3) is 2.79. The summed E-state index contributed by atoms with van der Waals surface area (Å²) in [4.78, 5) is 2.87. The van der Waals surface area contributed by atoms with Crippen LogP contribution in [0, 0.1) is 19.8 Å². The zero-order valence-corrected chi connectivity index (χ0v) is 12.8. The van der Waals surface area contributed by atoms with Crippen LogP contribution in [0.4, 0.5) is 0 Å². The van der Waals surface area contributed by atoms with Crippen molar-refractivity contribution in [2.24, 2.45) is 5.92 Å². The Bertz CT molecular complexity index is 388. The molecule has 1 saturated heterocycles. The zero-order valence-electron chi connectivity index (χ0n) is 12.0. The van der Waals surface area contributed by atoms with Crippen LogP contribution >= 0.6 is 11.3 Å². The van der Waals surface area contributed by atoms with Crippen molar-refractivity contribution >= 4 is 11.3 Å². The molecule has 0 aliphatic carbocycles. The van der Waals surface area contributed by atoms with E-state index in [1.807, 2.05) is 11.3 Å². The highest BCUT2D eigenvalue weighted by molar-refractivity contribution is 7.12. The molecule has 1 aliphatic heterocycles. The van der Waals surface area contributed by atoms with Gasteiger partial charge in [-0.25, -0.2) is 0 Å². The number of hydrogen-bond acceptors (Lipinski definition) is 3. The van der Waals surface area contributed by atoms with E-state index in [9.17, 15) is 0 Å². The number of rotatable bonds is 5. The third-order valence-electron chi connectivity index (χ3n) is 3.93. The fraction of sp³-hybridized carbons (Fsp3) is 0.733. The lowest BCUT2D eigenvalue weighted by Crippen LogP contribution is -2.32. The molecule has 18 heavy (non-hydrogen) atoms. The standard InChI is InChI=1S/C15H25NOS/c1-5-14-12(7-8-17-14)15(16-6-2)13-9-10(3)18-11(13)4/h9,12,14-16H,5-8H2,1-4H3. The van der Waals surface area contributed by atoms with Crippen molar-refractivity contribution < 1.29 is 4.74 Å². The average Bonchev–Trinajstić information content (AvgIpc) is 2.92. The molecule has 0 spiro atoms. The molecule has 3 atom stereocenters. The van der Waals surface area contributed by atoms with E-state index in [4.69, 9.17) is 4.74 Å². The molecule has 0 amide bonds. The van der Waals surface area contributed by atoms with Crippen molar-refractivity contribution in [3.05, 3.63) is 21.4 Å². The summed E-state index contributed by atoms with van der Waals surface area (Å²) in [7, 11) is 0. The maximum atomic E-state index is 5.87. The maximum absolute atomic E-state index is 5.87. The highest BCUT2D eigenvalue weighted by Crippen LogP contribution is 2.38. The normalized spacial score (nSPS) is 25.6. The van der Waals surface area contributed by atoms with Crippen molar-refractivity contribution in [3.8, 4) is 0 Å². The molecular formula is C15H25NOS. The second-order valence-corrected chi connectivity index (χ2v) is 6.63. The quantitative estimate of drug-likeness (QED) is 0.875. The summed E-state index contributed by atoms with van der Waals surface area (Å²) in [6.45, 7) is 10.8. The summed E-state index contributed by atoms with van der Waals surface area (Å²) in [5, 5.41) is 3.69. The van der Waals surface area contributed by atoms with Crippen LogP contribution in [0.1, 0.15) is 48.0 Å². The number of nitrogens with one attached hydrogen (secondary N) is 1. The van der Waals surface area contributed by atoms with Gasteiger partial charge in [0.1, 0.15) is 0 Å². The Morgan fingerprint density at radius 2 is 2.22 bits per heavy atom. The van der Waals surface area contributed by atoms with Gasteiger partial charge in [0.25, 0.3) is 0 Å². The number of ether oxygens (including phenoxy) is 1. The van der Waals surface area contributed by atoms with Gasteiger partial charge in [-0.2, -0.15) is 0 Å². The first kappa shape index (κ1) is 14.0. The smallest absolute Gasteiger partial charge is 0.0619 e. The molecule has 0 bridgehead atoms. The minimum atomic E-state index is 0.425. The van der Waals surface area contributed by atoms with E-state index in [2.05, 4.69) is 39.1 Å². The minimum absolute atomic E-state index is 0.425. The highest BCUT2D eigenvalue weighted by Gasteiger charge is 2.35. The van der Waals surface area contributed by atoms with Crippen LogP contribution in [-0.2, 0) is 4.74 Å². The molecule has 0 radical (unpaired) electrons. The molecule has 3 unspecified atom stereocenters. The van der Waals surface area contributed by atoms with Crippen molar-refractivity contribution in [1.29, 1.82) is 0 Å². The van der Waals surface area contributed by atoms with Gasteiger partial charge >= 0.3 is 0 Å². The first-order valence-electron chi connectivity index (χ1n) is 7.09. The highest BCUT2D eigenvalue weighted by atomic mass is 32.1. The summed E-state index contributed by atoms with van der Waals surface area (Å²) >= 11 is 1.91. The van der Waals surface area contributed by atoms with Gasteiger partial charge < -0.3 is 10.1 Å². The van der Waals surface area contributed by atoms with Gasteiger partial charge in [0.05, 0.1) is 6.10 Å². The van der Waals surface area contributed by atoms with Crippen molar-refractivity contribution in [2.45, 2.75) is 52.7 Å². The van der Waals surface area contributed by atoms with Gasteiger partial charge in [-0.15, -0.1) is 11.3 Å². The molecule has 1 fully saturated rings. The van der Waals surface area contributed by atoms with Gasteiger partial charge in [0.15, 0.2) is 0 Å². The van der Waals surface area contributed by atoms with E-state index in [1.165, 1.54) is 21.7 Å². The minimum Gasteiger partial charge on any atom is -0.378 e. The summed E-state index contributed by atoms with van der Waals surface area (Å²) in [6.07, 6.45) is 2.73. The zero-order chi connectivity index (χ0) is 13.1. The molecule has 1 N–H and O–H groups in total. The molecule has 0 saturated carbocycles. The van der Waals surface area contributed by atoms with Crippen molar-refractivity contribution in [1.82, 2.24) is 5.32 Å². The van der Waals surface area contributed by atoms with Crippen LogP contribution in [0.15, 0.2) is 6.07 Å². The summed E-state index contributed by atoms with van der Waals surface area (Å²) in [6, 6.07) is 2.82. The molecule has 3 heteroatoms. The van der Waals surface area contributed by atoms with Crippen LogP contribution in [0.5, 0.6) is 0 Å². The number of hydrogen-bond donors (Lipinski definition) is 1. The Hall–Kier alpha value is -0.380. The van der Waals surface area contributed by atoms with Crippen molar-refractivity contribution in [2.75, 3.05) is 13.2 Å². The van der Waals surface area contributed by atoms with E-state index in [-0.39, 0.29) is 0 Å². The van der Waals surface area contributed by atoms with Crippen LogP contribution < -0.4 is 5.32 Å². The molecule has 2 rings (SSSR count). The molecule has 1 aromatic heterocycles. The lowest BCUT2D eigenvalue weighted by Gasteiger charge is -2.28. The van der Waals surface area contributed by atoms with Gasteiger partial charge in [0.2, 0.25) is 0 Å².